The van der Waals surface area contributed by atoms with Gasteiger partial charge >= 0.3 is 0 Å². The number of anilines is 1. The first-order valence-corrected chi connectivity index (χ1v) is 6.96. The molecule has 1 fully saturated rings. The van der Waals surface area contributed by atoms with E-state index in [9.17, 15) is 13.6 Å². The summed E-state index contributed by atoms with van der Waals surface area (Å²) in [6.45, 7) is 4.05. The summed E-state index contributed by atoms with van der Waals surface area (Å²) in [5, 5.41) is 2.68. The number of amides is 1. The number of rotatable bonds is 3. The van der Waals surface area contributed by atoms with Gasteiger partial charge in [0, 0.05) is 11.5 Å². The zero-order valence-corrected chi connectivity index (χ0v) is 12.2. The summed E-state index contributed by atoms with van der Waals surface area (Å²) in [6, 6.07) is 3.87. The van der Waals surface area contributed by atoms with Crippen LogP contribution in [0.3, 0.4) is 0 Å². The first-order valence-electron chi connectivity index (χ1n) is 6.96. The van der Waals surface area contributed by atoms with Crippen molar-refractivity contribution >= 4 is 11.7 Å². The Labute approximate surface area is 126 Å². The van der Waals surface area contributed by atoms with Crippen LogP contribution in [0.4, 0.5) is 14.6 Å². The zero-order chi connectivity index (χ0) is 15.9. The summed E-state index contributed by atoms with van der Waals surface area (Å²) in [7, 11) is 0. The summed E-state index contributed by atoms with van der Waals surface area (Å²) in [4.78, 5) is 20.0. The highest BCUT2D eigenvalue weighted by atomic mass is 19.2. The minimum Gasteiger partial charge on any atom is -0.309 e. The quantitative estimate of drug-likeness (QED) is 0.945. The van der Waals surface area contributed by atoms with E-state index in [1.807, 2.05) is 13.8 Å². The van der Waals surface area contributed by atoms with Crippen LogP contribution < -0.4 is 5.32 Å². The van der Waals surface area contributed by atoms with Crippen molar-refractivity contribution in [2.75, 3.05) is 5.32 Å². The Morgan fingerprint density at radius 3 is 2.59 bits per heavy atom. The second-order valence-corrected chi connectivity index (χ2v) is 6.12. The summed E-state index contributed by atoms with van der Waals surface area (Å²) in [6.07, 6.45) is 3.50. The van der Waals surface area contributed by atoms with Crippen LogP contribution in [0.1, 0.15) is 20.3 Å². The van der Waals surface area contributed by atoms with Crippen LogP contribution in [0.25, 0.3) is 11.3 Å². The van der Waals surface area contributed by atoms with Crippen molar-refractivity contribution in [3.63, 3.8) is 0 Å². The molecule has 1 aromatic heterocycles. The van der Waals surface area contributed by atoms with Crippen LogP contribution in [0.5, 0.6) is 0 Å². The van der Waals surface area contributed by atoms with Crippen molar-refractivity contribution in [1.82, 2.24) is 9.97 Å². The van der Waals surface area contributed by atoms with E-state index in [0.29, 0.717) is 5.82 Å². The van der Waals surface area contributed by atoms with E-state index in [1.165, 1.54) is 24.5 Å². The highest BCUT2D eigenvalue weighted by Crippen LogP contribution is 2.51. The number of nitrogens with one attached hydrogen (secondary N) is 1. The molecule has 0 aliphatic heterocycles. The highest BCUT2D eigenvalue weighted by molar-refractivity contribution is 5.94. The van der Waals surface area contributed by atoms with Gasteiger partial charge < -0.3 is 5.32 Å². The smallest absolute Gasteiger partial charge is 0.229 e. The fourth-order valence-electron chi connectivity index (χ4n) is 2.36. The third kappa shape index (κ3) is 2.68. The summed E-state index contributed by atoms with van der Waals surface area (Å²) in [5.74, 6) is -1.71. The van der Waals surface area contributed by atoms with Gasteiger partial charge in [0.1, 0.15) is 0 Å². The van der Waals surface area contributed by atoms with E-state index in [2.05, 4.69) is 15.3 Å². The van der Waals surface area contributed by atoms with Gasteiger partial charge in [0.25, 0.3) is 0 Å². The average molecular weight is 303 g/mol. The maximum Gasteiger partial charge on any atom is 0.229 e. The lowest BCUT2D eigenvalue weighted by atomic mass is 10.1. The molecule has 1 aliphatic carbocycles. The molecule has 0 spiro atoms. The van der Waals surface area contributed by atoms with Crippen LogP contribution in [-0.2, 0) is 4.79 Å². The number of halogens is 2. The molecule has 114 valence electrons. The summed E-state index contributed by atoms with van der Waals surface area (Å²) in [5.41, 5.74) is 0.276. The highest BCUT2D eigenvalue weighted by Gasteiger charge is 2.50. The topological polar surface area (TPSA) is 54.9 Å². The van der Waals surface area contributed by atoms with Gasteiger partial charge in [0.2, 0.25) is 5.91 Å². The minimum atomic E-state index is -0.965. The number of hydrogen-bond acceptors (Lipinski definition) is 3. The fourth-order valence-corrected chi connectivity index (χ4v) is 2.36. The predicted octanol–water partition coefficient (Wildman–Crippen LogP) is 3.41. The average Bonchev–Trinajstić information content (AvgIpc) is 3.12. The second-order valence-electron chi connectivity index (χ2n) is 6.12. The number of nitrogens with zero attached hydrogens (tertiary/aromatic N) is 2. The van der Waals surface area contributed by atoms with E-state index in [0.717, 1.165) is 12.5 Å². The lowest BCUT2D eigenvalue weighted by molar-refractivity contribution is -0.118. The van der Waals surface area contributed by atoms with E-state index in [-0.39, 0.29) is 28.5 Å². The molecule has 6 heteroatoms. The lowest BCUT2D eigenvalue weighted by Crippen LogP contribution is -2.17. The second kappa shape index (κ2) is 5.12. The standard InChI is InChI=1S/C16H15F2N3O/c1-16(2)6-10(16)15(22)21-13-8-19-12(7-20-13)9-4-3-5-11(17)14(9)18/h3-5,7-8,10H,6H2,1-2H3,(H,20,21,22). The van der Waals surface area contributed by atoms with Crippen molar-refractivity contribution in [1.29, 1.82) is 0 Å². The van der Waals surface area contributed by atoms with E-state index >= 15 is 0 Å². The van der Waals surface area contributed by atoms with Crippen LogP contribution in [0, 0.1) is 23.0 Å². The Balaban J connectivity index is 1.76. The molecule has 1 saturated carbocycles. The van der Waals surface area contributed by atoms with Crippen LogP contribution in [0.15, 0.2) is 30.6 Å². The van der Waals surface area contributed by atoms with Gasteiger partial charge in [-0.1, -0.05) is 19.9 Å². The Kier molecular flexibility index (Phi) is 3.39. The van der Waals surface area contributed by atoms with Gasteiger partial charge in [0.15, 0.2) is 17.5 Å². The largest absolute Gasteiger partial charge is 0.309 e. The Morgan fingerprint density at radius 2 is 2.00 bits per heavy atom. The van der Waals surface area contributed by atoms with E-state index in [4.69, 9.17) is 0 Å². The monoisotopic (exact) mass is 303 g/mol. The van der Waals surface area contributed by atoms with Crippen LogP contribution in [-0.4, -0.2) is 15.9 Å². The molecule has 1 aromatic carbocycles. The molecule has 4 nitrogen and oxygen atoms in total. The van der Waals surface area contributed by atoms with Gasteiger partial charge in [-0.2, -0.15) is 0 Å². The molecule has 3 rings (SSSR count). The molecule has 1 atom stereocenters. The first kappa shape index (κ1) is 14.6. The molecule has 22 heavy (non-hydrogen) atoms. The molecule has 1 aliphatic rings. The molecule has 1 heterocycles. The molecule has 0 bridgehead atoms. The molecular weight excluding hydrogens is 288 g/mol. The normalized spacial score (nSPS) is 18.8. The predicted molar refractivity (Wildman–Crippen MR) is 77.9 cm³/mol. The molecule has 1 unspecified atom stereocenters. The number of benzene rings is 1. The lowest BCUT2D eigenvalue weighted by Gasteiger charge is -2.07. The third-order valence-electron chi connectivity index (χ3n) is 3.96. The SMILES string of the molecule is CC1(C)CC1C(=O)Nc1cnc(-c2cccc(F)c2F)cn1. The minimum absolute atomic E-state index is 0.0189. The molecule has 0 saturated heterocycles. The third-order valence-corrected chi connectivity index (χ3v) is 3.96. The number of carbonyl (C=O) groups is 1. The van der Waals surface area contributed by atoms with Gasteiger partial charge in [-0.05, 0) is 24.0 Å². The van der Waals surface area contributed by atoms with Crippen molar-refractivity contribution in [2.45, 2.75) is 20.3 Å². The van der Waals surface area contributed by atoms with E-state index in [1.54, 1.807) is 0 Å². The Morgan fingerprint density at radius 1 is 1.27 bits per heavy atom. The van der Waals surface area contributed by atoms with E-state index < -0.39 is 11.6 Å². The molecule has 1 N–H and O–H groups in total. The molecular formula is C16H15F2N3O. The fraction of sp³-hybridized carbons (Fsp3) is 0.312. The maximum atomic E-state index is 13.7. The Bertz CT molecular complexity index is 729. The van der Waals surface area contributed by atoms with Crippen LogP contribution in [0.2, 0.25) is 0 Å². The van der Waals surface area contributed by atoms with Gasteiger partial charge in [-0.3, -0.25) is 9.78 Å². The van der Waals surface area contributed by atoms with Crippen molar-refractivity contribution in [2.24, 2.45) is 11.3 Å². The Hall–Kier alpha value is -2.37. The van der Waals surface area contributed by atoms with Crippen molar-refractivity contribution < 1.29 is 13.6 Å². The number of aromatic nitrogens is 2. The summed E-state index contributed by atoms with van der Waals surface area (Å²) >= 11 is 0. The number of carbonyl (C=O) groups excluding carboxylic acids is 1. The van der Waals surface area contributed by atoms with Crippen molar-refractivity contribution in [3.8, 4) is 11.3 Å². The molecule has 1 amide bonds. The van der Waals surface area contributed by atoms with Crippen LogP contribution >= 0.6 is 0 Å². The summed E-state index contributed by atoms with van der Waals surface area (Å²) < 4.78 is 26.9. The maximum absolute atomic E-state index is 13.7. The van der Waals surface area contributed by atoms with Gasteiger partial charge in [0.05, 0.1) is 18.1 Å². The van der Waals surface area contributed by atoms with Gasteiger partial charge in [-0.15, -0.1) is 0 Å². The molecule has 2 aromatic rings. The zero-order valence-electron chi connectivity index (χ0n) is 12.2. The molecule has 0 radical (unpaired) electrons. The number of hydrogen-bond donors (Lipinski definition) is 1. The van der Waals surface area contributed by atoms with Crippen molar-refractivity contribution in [3.05, 3.63) is 42.2 Å². The first-order chi connectivity index (χ1) is 10.4. The van der Waals surface area contributed by atoms with Gasteiger partial charge in [-0.25, -0.2) is 13.8 Å².